The molecule has 0 radical (unpaired) electrons. The molecule has 0 spiro atoms. The Bertz CT molecular complexity index is 183. The Labute approximate surface area is 88.0 Å². The SMILES string of the molecule is COC(C)(C)CCC(C(C)=O)C(C)C. The lowest BCUT2D eigenvalue weighted by Gasteiger charge is -2.26. The summed E-state index contributed by atoms with van der Waals surface area (Å²) in [6.07, 6.45) is 1.86. The second kappa shape index (κ2) is 5.50. The lowest BCUT2D eigenvalue weighted by molar-refractivity contribution is -0.122. The van der Waals surface area contributed by atoms with E-state index in [9.17, 15) is 4.79 Å². The fourth-order valence-electron chi connectivity index (χ4n) is 1.61. The summed E-state index contributed by atoms with van der Waals surface area (Å²) >= 11 is 0. The number of ether oxygens (including phenoxy) is 1. The van der Waals surface area contributed by atoms with Gasteiger partial charge in [0.1, 0.15) is 5.78 Å². The molecular formula is C12H24O2. The predicted molar refractivity (Wildman–Crippen MR) is 59.3 cm³/mol. The molecule has 0 aliphatic carbocycles. The van der Waals surface area contributed by atoms with Crippen LogP contribution in [-0.4, -0.2) is 18.5 Å². The minimum atomic E-state index is -0.109. The average Bonchev–Trinajstić information content (AvgIpc) is 2.03. The molecule has 0 aromatic heterocycles. The third-order valence-corrected chi connectivity index (χ3v) is 2.94. The summed E-state index contributed by atoms with van der Waals surface area (Å²) < 4.78 is 5.34. The minimum absolute atomic E-state index is 0.109. The summed E-state index contributed by atoms with van der Waals surface area (Å²) in [6.45, 7) is 10.0. The van der Waals surface area contributed by atoms with Crippen LogP contribution in [0.3, 0.4) is 0 Å². The van der Waals surface area contributed by atoms with E-state index in [0.29, 0.717) is 11.7 Å². The molecule has 0 aromatic rings. The van der Waals surface area contributed by atoms with Crippen LogP contribution in [0.15, 0.2) is 0 Å². The molecule has 14 heavy (non-hydrogen) atoms. The standard InChI is InChI=1S/C12H24O2/c1-9(2)11(10(3)13)7-8-12(4,5)14-6/h9,11H,7-8H2,1-6H3. The van der Waals surface area contributed by atoms with Crippen LogP contribution in [0.4, 0.5) is 0 Å². The zero-order chi connectivity index (χ0) is 11.4. The molecule has 0 amide bonds. The highest BCUT2D eigenvalue weighted by atomic mass is 16.5. The molecule has 0 fully saturated rings. The largest absolute Gasteiger partial charge is 0.379 e. The van der Waals surface area contributed by atoms with Crippen LogP contribution < -0.4 is 0 Å². The fourth-order valence-corrected chi connectivity index (χ4v) is 1.61. The van der Waals surface area contributed by atoms with Crippen LogP contribution in [0.25, 0.3) is 0 Å². The Morgan fingerprint density at radius 3 is 2.14 bits per heavy atom. The third-order valence-electron chi connectivity index (χ3n) is 2.94. The summed E-state index contributed by atoms with van der Waals surface area (Å²) in [5.74, 6) is 0.913. The molecule has 0 rings (SSSR count). The van der Waals surface area contributed by atoms with Crippen LogP contribution in [0, 0.1) is 11.8 Å². The molecule has 2 nitrogen and oxygen atoms in total. The highest BCUT2D eigenvalue weighted by Crippen LogP contribution is 2.24. The molecule has 0 aromatic carbocycles. The van der Waals surface area contributed by atoms with Gasteiger partial charge < -0.3 is 4.74 Å². The van der Waals surface area contributed by atoms with Crippen molar-refractivity contribution in [3.8, 4) is 0 Å². The monoisotopic (exact) mass is 200 g/mol. The molecule has 0 N–H and O–H groups in total. The van der Waals surface area contributed by atoms with Gasteiger partial charge >= 0.3 is 0 Å². The van der Waals surface area contributed by atoms with Crippen molar-refractivity contribution in [1.82, 2.24) is 0 Å². The number of methoxy groups -OCH3 is 1. The Morgan fingerprint density at radius 1 is 1.36 bits per heavy atom. The van der Waals surface area contributed by atoms with E-state index in [1.165, 1.54) is 0 Å². The maximum Gasteiger partial charge on any atom is 0.133 e. The molecule has 0 heterocycles. The number of carbonyl (C=O) groups excluding carboxylic acids is 1. The number of ketones is 1. The summed E-state index contributed by atoms with van der Waals surface area (Å²) in [5.41, 5.74) is -0.109. The number of hydrogen-bond donors (Lipinski definition) is 0. The van der Waals surface area contributed by atoms with E-state index < -0.39 is 0 Å². The van der Waals surface area contributed by atoms with Gasteiger partial charge in [0.15, 0.2) is 0 Å². The fraction of sp³-hybridized carbons (Fsp3) is 0.917. The zero-order valence-corrected chi connectivity index (χ0v) is 10.4. The number of rotatable bonds is 6. The average molecular weight is 200 g/mol. The third kappa shape index (κ3) is 4.75. The molecule has 0 saturated heterocycles. The van der Waals surface area contributed by atoms with Crippen molar-refractivity contribution >= 4 is 5.78 Å². The van der Waals surface area contributed by atoms with E-state index in [4.69, 9.17) is 4.74 Å². The molecule has 0 aliphatic rings. The quantitative estimate of drug-likeness (QED) is 0.658. The maximum absolute atomic E-state index is 11.3. The summed E-state index contributed by atoms with van der Waals surface area (Å²) in [4.78, 5) is 11.3. The molecule has 1 atom stereocenters. The predicted octanol–water partition coefficient (Wildman–Crippen LogP) is 3.05. The van der Waals surface area contributed by atoms with E-state index >= 15 is 0 Å². The number of carbonyl (C=O) groups is 1. The van der Waals surface area contributed by atoms with Gasteiger partial charge in [0, 0.05) is 13.0 Å². The Morgan fingerprint density at radius 2 is 1.86 bits per heavy atom. The smallest absolute Gasteiger partial charge is 0.133 e. The van der Waals surface area contributed by atoms with Gasteiger partial charge in [-0.3, -0.25) is 4.79 Å². The highest BCUT2D eigenvalue weighted by molar-refractivity contribution is 5.78. The van der Waals surface area contributed by atoms with Crippen LogP contribution >= 0.6 is 0 Å². The molecule has 84 valence electrons. The first kappa shape index (κ1) is 13.6. The molecule has 2 heteroatoms. The summed E-state index contributed by atoms with van der Waals surface area (Å²) in [5, 5.41) is 0. The van der Waals surface area contributed by atoms with Gasteiger partial charge in [0.2, 0.25) is 0 Å². The Balaban J connectivity index is 4.14. The van der Waals surface area contributed by atoms with Gasteiger partial charge in [-0.2, -0.15) is 0 Å². The summed E-state index contributed by atoms with van der Waals surface area (Å²) in [7, 11) is 1.72. The minimum Gasteiger partial charge on any atom is -0.379 e. The summed E-state index contributed by atoms with van der Waals surface area (Å²) in [6, 6.07) is 0. The van der Waals surface area contributed by atoms with Gasteiger partial charge in [-0.25, -0.2) is 0 Å². The van der Waals surface area contributed by atoms with Gasteiger partial charge in [-0.05, 0) is 39.5 Å². The second-order valence-corrected chi connectivity index (χ2v) is 4.96. The van der Waals surface area contributed by atoms with Gasteiger partial charge in [-0.15, -0.1) is 0 Å². The normalized spacial score (nSPS) is 14.5. The van der Waals surface area contributed by atoms with E-state index in [-0.39, 0.29) is 11.5 Å². The second-order valence-electron chi connectivity index (χ2n) is 4.96. The Hall–Kier alpha value is -0.370. The van der Waals surface area contributed by atoms with Crippen molar-refractivity contribution in [2.75, 3.05) is 7.11 Å². The molecular weight excluding hydrogens is 176 g/mol. The van der Waals surface area contributed by atoms with E-state index in [1.54, 1.807) is 14.0 Å². The topological polar surface area (TPSA) is 26.3 Å². The Kier molecular flexibility index (Phi) is 5.35. The first-order valence-corrected chi connectivity index (χ1v) is 5.36. The van der Waals surface area contributed by atoms with Crippen molar-refractivity contribution < 1.29 is 9.53 Å². The number of hydrogen-bond acceptors (Lipinski definition) is 2. The van der Waals surface area contributed by atoms with Crippen LogP contribution in [-0.2, 0) is 9.53 Å². The van der Waals surface area contributed by atoms with Crippen LogP contribution in [0.1, 0.15) is 47.5 Å². The van der Waals surface area contributed by atoms with Crippen LogP contribution in [0.5, 0.6) is 0 Å². The highest BCUT2D eigenvalue weighted by Gasteiger charge is 2.23. The van der Waals surface area contributed by atoms with Crippen molar-refractivity contribution in [3.63, 3.8) is 0 Å². The van der Waals surface area contributed by atoms with Gasteiger partial charge in [0.25, 0.3) is 0 Å². The first-order valence-electron chi connectivity index (χ1n) is 5.36. The first-order chi connectivity index (χ1) is 6.30. The molecule has 0 saturated carbocycles. The lowest BCUT2D eigenvalue weighted by Crippen LogP contribution is -2.26. The van der Waals surface area contributed by atoms with Gasteiger partial charge in [-0.1, -0.05) is 13.8 Å². The van der Waals surface area contributed by atoms with E-state index in [1.807, 2.05) is 0 Å². The maximum atomic E-state index is 11.3. The van der Waals surface area contributed by atoms with E-state index in [0.717, 1.165) is 12.8 Å². The number of Topliss-reactive ketones (excluding diaryl/α,β-unsaturated/α-hetero) is 1. The van der Waals surface area contributed by atoms with Crippen molar-refractivity contribution in [2.45, 2.75) is 53.1 Å². The van der Waals surface area contributed by atoms with Crippen LogP contribution in [0.2, 0.25) is 0 Å². The van der Waals surface area contributed by atoms with Gasteiger partial charge in [0.05, 0.1) is 5.60 Å². The zero-order valence-electron chi connectivity index (χ0n) is 10.4. The lowest BCUT2D eigenvalue weighted by atomic mass is 9.85. The molecule has 0 aliphatic heterocycles. The molecule has 0 bridgehead atoms. The van der Waals surface area contributed by atoms with Crippen molar-refractivity contribution in [2.24, 2.45) is 11.8 Å². The van der Waals surface area contributed by atoms with E-state index in [2.05, 4.69) is 27.7 Å². The van der Waals surface area contributed by atoms with Crippen molar-refractivity contribution in [3.05, 3.63) is 0 Å². The van der Waals surface area contributed by atoms with Crippen molar-refractivity contribution in [1.29, 1.82) is 0 Å². The molecule has 1 unspecified atom stereocenters.